The molecule has 0 N–H and O–H groups in total. The predicted octanol–water partition coefficient (Wildman–Crippen LogP) is 5.01. The zero-order valence-electron chi connectivity index (χ0n) is 16.3. The van der Waals surface area contributed by atoms with Gasteiger partial charge in [-0.25, -0.2) is 18.4 Å². The van der Waals surface area contributed by atoms with Crippen LogP contribution < -0.4 is 4.90 Å². The maximum absolute atomic E-state index is 12.9. The van der Waals surface area contributed by atoms with Gasteiger partial charge in [0.1, 0.15) is 16.6 Å². The second-order valence-corrected chi connectivity index (χ2v) is 10.4. The Balaban J connectivity index is 1.52. The highest BCUT2D eigenvalue weighted by atomic mass is 32.2. The van der Waals surface area contributed by atoms with Crippen LogP contribution in [0.25, 0.3) is 10.8 Å². The predicted molar refractivity (Wildman–Crippen MR) is 121 cm³/mol. The summed E-state index contributed by atoms with van der Waals surface area (Å²) in [6, 6.07) is 18.0. The van der Waals surface area contributed by atoms with Gasteiger partial charge in [-0.15, -0.1) is 11.3 Å². The second-order valence-electron chi connectivity index (χ2n) is 7.46. The van der Waals surface area contributed by atoms with Crippen LogP contribution in [0.5, 0.6) is 0 Å². The van der Waals surface area contributed by atoms with E-state index in [2.05, 4.69) is 39.1 Å². The van der Waals surface area contributed by atoms with Crippen molar-refractivity contribution in [3.05, 3.63) is 82.9 Å². The van der Waals surface area contributed by atoms with Crippen LogP contribution in [0.3, 0.4) is 0 Å². The number of thiazole rings is 1. The first kappa shape index (κ1) is 19.2. The van der Waals surface area contributed by atoms with Crippen LogP contribution in [0, 0.1) is 0 Å². The monoisotopic (exact) mass is 435 g/mol. The summed E-state index contributed by atoms with van der Waals surface area (Å²) in [7, 11) is -3.45. The van der Waals surface area contributed by atoms with Crippen molar-refractivity contribution in [2.75, 3.05) is 11.4 Å². The first-order valence-electron chi connectivity index (χ1n) is 9.93. The fraction of sp³-hybridized carbons (Fsp3) is 0.217. The van der Waals surface area contributed by atoms with Gasteiger partial charge in [-0.3, -0.25) is 0 Å². The van der Waals surface area contributed by atoms with Crippen molar-refractivity contribution < 1.29 is 8.42 Å². The molecule has 0 spiro atoms. The van der Waals surface area contributed by atoms with Crippen molar-refractivity contribution in [3.63, 3.8) is 0 Å². The largest absolute Gasteiger partial charge is 0.349 e. The van der Waals surface area contributed by atoms with Gasteiger partial charge in [-0.2, -0.15) is 0 Å². The molecule has 2 aromatic heterocycles. The first-order chi connectivity index (χ1) is 14.6. The maximum atomic E-state index is 12.9. The lowest BCUT2D eigenvalue weighted by molar-refractivity contribution is 0.595. The normalized spacial score (nSPS) is 16.9. The fourth-order valence-electron chi connectivity index (χ4n) is 4.17. The lowest BCUT2D eigenvalue weighted by Gasteiger charge is -2.27. The summed E-state index contributed by atoms with van der Waals surface area (Å²) in [6.45, 7) is 0.940. The molecule has 0 saturated carbocycles. The minimum Gasteiger partial charge on any atom is -0.349 e. The van der Waals surface area contributed by atoms with Crippen LogP contribution in [0.15, 0.2) is 77.3 Å². The Hall–Kier alpha value is -2.77. The minimum absolute atomic E-state index is 0.0731. The van der Waals surface area contributed by atoms with E-state index in [9.17, 15) is 8.42 Å². The van der Waals surface area contributed by atoms with Crippen molar-refractivity contribution >= 4 is 37.8 Å². The van der Waals surface area contributed by atoms with Crippen LogP contribution in [0.4, 0.5) is 5.82 Å². The first-order valence-corrected chi connectivity index (χ1v) is 12.5. The SMILES string of the molecule is O=S(=O)(Cc1nccs1)c1ccc2c(N3CCC[C@H]3c3ccccc3)nccc2c1. The van der Waals surface area contributed by atoms with Gasteiger partial charge in [0.05, 0.1) is 10.9 Å². The highest BCUT2D eigenvalue weighted by Gasteiger charge is 2.28. The van der Waals surface area contributed by atoms with E-state index >= 15 is 0 Å². The zero-order valence-corrected chi connectivity index (χ0v) is 17.9. The summed E-state index contributed by atoms with van der Waals surface area (Å²) >= 11 is 1.36. The van der Waals surface area contributed by atoms with Crippen LogP contribution in [-0.4, -0.2) is 24.9 Å². The number of hydrogen-bond donors (Lipinski definition) is 0. The van der Waals surface area contributed by atoms with E-state index in [1.807, 2.05) is 18.2 Å². The standard InChI is InChI=1S/C23H21N3O2S2/c27-30(28,16-22-24-12-14-29-22)19-8-9-20-18(15-19)10-11-25-23(20)26-13-4-7-21(26)17-5-2-1-3-6-17/h1-3,5-6,8-12,14-15,21H,4,7,13,16H2/t21-/m0/s1. The van der Waals surface area contributed by atoms with Gasteiger partial charge in [0, 0.05) is 29.7 Å². The topological polar surface area (TPSA) is 63.2 Å². The fourth-order valence-corrected chi connectivity index (χ4v) is 6.46. The Bertz CT molecular complexity index is 1270. The molecule has 1 aliphatic rings. The number of sulfone groups is 1. The Morgan fingerprint density at radius 3 is 2.70 bits per heavy atom. The minimum atomic E-state index is -3.45. The van der Waals surface area contributed by atoms with Crippen molar-refractivity contribution in [2.45, 2.75) is 29.5 Å². The third kappa shape index (κ3) is 3.59. The van der Waals surface area contributed by atoms with Gasteiger partial charge < -0.3 is 4.90 Å². The average molecular weight is 436 g/mol. The Labute approximate surface area is 180 Å². The van der Waals surface area contributed by atoms with Gasteiger partial charge in [0.2, 0.25) is 0 Å². The summed E-state index contributed by atoms with van der Waals surface area (Å²) in [5.41, 5.74) is 1.29. The number of benzene rings is 2. The molecule has 3 heterocycles. The third-order valence-corrected chi connectivity index (χ3v) is 8.17. The van der Waals surface area contributed by atoms with E-state index in [0.29, 0.717) is 9.90 Å². The molecule has 1 atom stereocenters. The number of fused-ring (bicyclic) bond motifs is 1. The molecule has 5 rings (SSSR count). The average Bonchev–Trinajstić information content (AvgIpc) is 3.45. The van der Waals surface area contributed by atoms with Crippen molar-refractivity contribution in [2.24, 2.45) is 0 Å². The number of anilines is 1. The van der Waals surface area contributed by atoms with E-state index in [1.54, 1.807) is 29.9 Å². The molecule has 1 fully saturated rings. The molecule has 2 aromatic carbocycles. The smallest absolute Gasteiger partial charge is 0.184 e. The highest BCUT2D eigenvalue weighted by molar-refractivity contribution is 7.90. The number of nitrogens with zero attached hydrogens (tertiary/aromatic N) is 3. The van der Waals surface area contributed by atoms with Gasteiger partial charge in [-0.1, -0.05) is 30.3 Å². The molecule has 0 unspecified atom stereocenters. The zero-order chi connectivity index (χ0) is 20.6. The summed E-state index contributed by atoms with van der Waals surface area (Å²) in [6.07, 6.45) is 5.60. The van der Waals surface area contributed by atoms with Crippen molar-refractivity contribution in [1.29, 1.82) is 0 Å². The Morgan fingerprint density at radius 1 is 1.03 bits per heavy atom. The molecule has 0 bridgehead atoms. The lowest BCUT2D eigenvalue weighted by atomic mass is 10.0. The van der Waals surface area contributed by atoms with Crippen LogP contribution >= 0.6 is 11.3 Å². The third-order valence-electron chi connectivity index (χ3n) is 5.58. The van der Waals surface area contributed by atoms with E-state index in [1.165, 1.54) is 16.9 Å². The molecule has 5 nitrogen and oxygen atoms in total. The summed E-state index contributed by atoms with van der Waals surface area (Å²) in [5.74, 6) is 0.846. The van der Waals surface area contributed by atoms with E-state index < -0.39 is 9.84 Å². The van der Waals surface area contributed by atoms with E-state index in [-0.39, 0.29) is 11.8 Å². The van der Waals surface area contributed by atoms with Gasteiger partial charge >= 0.3 is 0 Å². The molecule has 1 saturated heterocycles. The Morgan fingerprint density at radius 2 is 1.90 bits per heavy atom. The number of pyridine rings is 1. The molecule has 7 heteroatoms. The Kier molecular flexibility index (Phi) is 5.00. The summed E-state index contributed by atoms with van der Waals surface area (Å²) < 4.78 is 25.7. The molecule has 0 amide bonds. The van der Waals surface area contributed by atoms with Crippen molar-refractivity contribution in [3.8, 4) is 0 Å². The summed E-state index contributed by atoms with van der Waals surface area (Å²) in [5, 5.41) is 4.27. The molecular weight excluding hydrogens is 414 g/mol. The lowest BCUT2D eigenvalue weighted by Crippen LogP contribution is -2.23. The molecule has 4 aromatic rings. The van der Waals surface area contributed by atoms with E-state index in [0.717, 1.165) is 36.0 Å². The molecule has 0 aliphatic carbocycles. The molecular formula is C23H21N3O2S2. The molecule has 152 valence electrons. The van der Waals surface area contributed by atoms with Gasteiger partial charge in [0.25, 0.3) is 0 Å². The quantitative estimate of drug-likeness (QED) is 0.441. The van der Waals surface area contributed by atoms with Crippen LogP contribution in [0.1, 0.15) is 29.5 Å². The molecule has 30 heavy (non-hydrogen) atoms. The number of rotatable bonds is 5. The van der Waals surface area contributed by atoms with Crippen LogP contribution in [0.2, 0.25) is 0 Å². The van der Waals surface area contributed by atoms with Crippen molar-refractivity contribution in [1.82, 2.24) is 9.97 Å². The highest BCUT2D eigenvalue weighted by Crippen LogP contribution is 2.38. The second kappa shape index (κ2) is 7.81. The number of hydrogen-bond acceptors (Lipinski definition) is 6. The summed E-state index contributed by atoms with van der Waals surface area (Å²) in [4.78, 5) is 11.5. The van der Waals surface area contributed by atoms with Gasteiger partial charge in [0.15, 0.2) is 9.84 Å². The molecule has 1 aliphatic heterocycles. The van der Waals surface area contributed by atoms with E-state index in [4.69, 9.17) is 0 Å². The maximum Gasteiger partial charge on any atom is 0.184 e. The number of aromatic nitrogens is 2. The van der Waals surface area contributed by atoms with Crippen LogP contribution in [-0.2, 0) is 15.6 Å². The van der Waals surface area contributed by atoms with Gasteiger partial charge in [-0.05, 0) is 48.1 Å². The molecule has 0 radical (unpaired) electrons.